The molecule has 1 aromatic carbocycles. The zero-order valence-corrected chi connectivity index (χ0v) is 10.0. The molecule has 0 saturated carbocycles. The first-order valence-electron chi connectivity index (χ1n) is 5.82. The summed E-state index contributed by atoms with van der Waals surface area (Å²) < 4.78 is 0. The van der Waals surface area contributed by atoms with Crippen LogP contribution in [-0.2, 0) is 11.2 Å². The summed E-state index contributed by atoms with van der Waals surface area (Å²) in [6.07, 6.45) is 8.13. The molecule has 1 nitrogen and oxygen atoms in total. The number of aryl methyl sites for hydroxylation is 1. The van der Waals surface area contributed by atoms with Crippen LogP contribution in [0.3, 0.4) is 0 Å². The molecule has 0 bridgehead atoms. The molecule has 0 spiro atoms. The number of hydrogen-bond donors (Lipinski definition) is 0. The van der Waals surface area contributed by atoms with Crippen molar-refractivity contribution >= 4 is 6.29 Å². The zero-order valence-electron chi connectivity index (χ0n) is 10.0. The molecule has 1 unspecified atom stereocenters. The van der Waals surface area contributed by atoms with Crippen molar-refractivity contribution < 1.29 is 4.79 Å². The Balaban J connectivity index is 2.35. The first kappa shape index (κ1) is 12.7. The van der Waals surface area contributed by atoms with Crippen LogP contribution in [0.1, 0.15) is 25.8 Å². The summed E-state index contributed by atoms with van der Waals surface area (Å²) in [4.78, 5) is 10.6. The monoisotopic (exact) mass is 215 g/mol. The van der Waals surface area contributed by atoms with Gasteiger partial charge in [0.2, 0.25) is 6.29 Å². The van der Waals surface area contributed by atoms with Crippen LogP contribution in [0.5, 0.6) is 0 Å². The van der Waals surface area contributed by atoms with Gasteiger partial charge in [-0.3, -0.25) is 4.79 Å². The highest BCUT2D eigenvalue weighted by atomic mass is 16.1. The van der Waals surface area contributed by atoms with Gasteiger partial charge in [-0.1, -0.05) is 56.3 Å². The van der Waals surface area contributed by atoms with Crippen molar-refractivity contribution in [1.29, 1.82) is 0 Å². The van der Waals surface area contributed by atoms with Crippen LogP contribution in [0, 0.1) is 11.8 Å². The lowest BCUT2D eigenvalue weighted by Gasteiger charge is -2.07. The molecule has 0 aromatic heterocycles. The third kappa shape index (κ3) is 4.43. The van der Waals surface area contributed by atoms with E-state index < -0.39 is 0 Å². The van der Waals surface area contributed by atoms with Crippen LogP contribution in [-0.4, -0.2) is 6.29 Å². The maximum absolute atomic E-state index is 10.6. The second-order valence-electron chi connectivity index (χ2n) is 4.34. The maximum Gasteiger partial charge on any atom is 0.206 e. The molecule has 1 atom stereocenters. The van der Waals surface area contributed by atoms with Gasteiger partial charge < -0.3 is 0 Å². The highest BCUT2D eigenvalue weighted by Gasteiger charge is 2.07. The molecular weight excluding hydrogens is 196 g/mol. The lowest BCUT2D eigenvalue weighted by Crippen LogP contribution is -2.06. The first-order valence-corrected chi connectivity index (χ1v) is 5.82. The number of allylic oxidation sites excluding steroid dienone is 2. The van der Waals surface area contributed by atoms with E-state index in [0.717, 1.165) is 12.8 Å². The van der Waals surface area contributed by atoms with Gasteiger partial charge in [0.1, 0.15) is 0 Å². The minimum atomic E-state index is -0.0595. The summed E-state index contributed by atoms with van der Waals surface area (Å²) in [5.74, 6) is 0.279. The molecule has 0 amide bonds. The number of rotatable bonds is 6. The van der Waals surface area contributed by atoms with Gasteiger partial charge in [-0.25, -0.2) is 0 Å². The average Bonchev–Trinajstić information content (AvgIpc) is 2.30. The topological polar surface area (TPSA) is 17.1 Å². The van der Waals surface area contributed by atoms with E-state index in [0.29, 0.717) is 5.92 Å². The largest absolute Gasteiger partial charge is 0.290 e. The smallest absolute Gasteiger partial charge is 0.206 e. The Kier molecular flexibility index (Phi) is 5.55. The Labute approximate surface area is 98.2 Å². The normalized spacial score (nSPS) is 13.2. The summed E-state index contributed by atoms with van der Waals surface area (Å²) in [5.41, 5.74) is 1.34. The number of carbonyl (C=O) groups excluding carboxylic acids is 1. The highest BCUT2D eigenvalue weighted by Crippen LogP contribution is 2.10. The molecule has 0 aliphatic carbocycles. The van der Waals surface area contributed by atoms with Crippen molar-refractivity contribution in [1.82, 2.24) is 0 Å². The summed E-state index contributed by atoms with van der Waals surface area (Å²) in [6, 6.07) is 10.4. The SMILES string of the molecule is CC(C)C([C]=O)C=CCCc1ccccc1. The molecule has 0 aliphatic rings. The molecule has 1 aromatic rings. The average molecular weight is 215 g/mol. The zero-order chi connectivity index (χ0) is 11.8. The van der Waals surface area contributed by atoms with Crippen LogP contribution in [0.2, 0.25) is 0 Å². The van der Waals surface area contributed by atoms with E-state index >= 15 is 0 Å². The standard InChI is InChI=1S/C15H19O/c1-13(2)15(12-16)11-7-6-10-14-8-4-3-5-9-14/h3-5,7-9,11,13,15H,6,10H2,1-2H3. The van der Waals surface area contributed by atoms with Gasteiger partial charge in [0.15, 0.2) is 0 Å². The number of benzene rings is 1. The van der Waals surface area contributed by atoms with Gasteiger partial charge in [0, 0.05) is 5.92 Å². The fourth-order valence-electron chi connectivity index (χ4n) is 1.54. The molecule has 1 heteroatoms. The third-order valence-corrected chi connectivity index (χ3v) is 2.64. The molecule has 0 heterocycles. The van der Waals surface area contributed by atoms with Crippen molar-refractivity contribution in [3.05, 3.63) is 48.0 Å². The molecule has 85 valence electrons. The molecule has 1 rings (SSSR count). The van der Waals surface area contributed by atoms with Crippen molar-refractivity contribution in [2.75, 3.05) is 0 Å². The quantitative estimate of drug-likeness (QED) is 0.663. The Bertz CT molecular complexity index is 325. The Hall–Kier alpha value is -1.37. The Morgan fingerprint density at radius 2 is 1.94 bits per heavy atom. The van der Waals surface area contributed by atoms with E-state index in [9.17, 15) is 4.79 Å². The lowest BCUT2D eigenvalue weighted by atomic mass is 9.96. The highest BCUT2D eigenvalue weighted by molar-refractivity contribution is 5.57. The second kappa shape index (κ2) is 7.00. The predicted octanol–water partition coefficient (Wildman–Crippen LogP) is 3.56. The predicted molar refractivity (Wildman–Crippen MR) is 67.9 cm³/mol. The van der Waals surface area contributed by atoms with Gasteiger partial charge in [0.25, 0.3) is 0 Å². The molecule has 1 radical (unpaired) electrons. The van der Waals surface area contributed by atoms with E-state index in [1.165, 1.54) is 5.56 Å². The van der Waals surface area contributed by atoms with Crippen LogP contribution < -0.4 is 0 Å². The summed E-state index contributed by atoms with van der Waals surface area (Å²) in [7, 11) is 0. The van der Waals surface area contributed by atoms with E-state index in [1.54, 1.807) is 0 Å². The van der Waals surface area contributed by atoms with Gasteiger partial charge in [-0.2, -0.15) is 0 Å². The fraction of sp³-hybridized carbons (Fsp3) is 0.400. The van der Waals surface area contributed by atoms with E-state index in [2.05, 4.69) is 36.6 Å². The minimum absolute atomic E-state index is 0.0595. The Morgan fingerprint density at radius 1 is 1.25 bits per heavy atom. The van der Waals surface area contributed by atoms with E-state index in [4.69, 9.17) is 0 Å². The van der Waals surface area contributed by atoms with Crippen molar-refractivity contribution in [2.24, 2.45) is 11.8 Å². The summed E-state index contributed by atoms with van der Waals surface area (Å²) in [6.45, 7) is 4.08. The van der Waals surface area contributed by atoms with Crippen molar-refractivity contribution in [3.8, 4) is 0 Å². The number of hydrogen-bond acceptors (Lipinski definition) is 1. The van der Waals surface area contributed by atoms with E-state index in [1.807, 2.05) is 26.0 Å². The first-order chi connectivity index (χ1) is 7.74. The molecule has 0 fully saturated rings. The van der Waals surface area contributed by atoms with E-state index in [-0.39, 0.29) is 5.92 Å². The van der Waals surface area contributed by atoms with Crippen molar-refractivity contribution in [3.63, 3.8) is 0 Å². The minimum Gasteiger partial charge on any atom is -0.290 e. The van der Waals surface area contributed by atoms with Gasteiger partial charge in [-0.15, -0.1) is 0 Å². The second-order valence-corrected chi connectivity index (χ2v) is 4.34. The summed E-state index contributed by atoms with van der Waals surface area (Å²) in [5, 5.41) is 0. The lowest BCUT2D eigenvalue weighted by molar-refractivity contribution is 0.495. The third-order valence-electron chi connectivity index (χ3n) is 2.64. The van der Waals surface area contributed by atoms with Crippen molar-refractivity contribution in [2.45, 2.75) is 26.7 Å². The fourth-order valence-corrected chi connectivity index (χ4v) is 1.54. The van der Waals surface area contributed by atoms with Gasteiger partial charge in [0.05, 0.1) is 0 Å². The van der Waals surface area contributed by atoms with Gasteiger partial charge >= 0.3 is 0 Å². The molecule has 16 heavy (non-hydrogen) atoms. The van der Waals surface area contributed by atoms with Crippen LogP contribution >= 0.6 is 0 Å². The van der Waals surface area contributed by atoms with Crippen LogP contribution in [0.15, 0.2) is 42.5 Å². The molecule has 0 saturated heterocycles. The molecular formula is C15H19O. The molecule has 0 aliphatic heterocycles. The maximum atomic E-state index is 10.6. The van der Waals surface area contributed by atoms with Crippen LogP contribution in [0.4, 0.5) is 0 Å². The Morgan fingerprint density at radius 3 is 2.50 bits per heavy atom. The van der Waals surface area contributed by atoms with Gasteiger partial charge in [-0.05, 0) is 24.3 Å². The summed E-state index contributed by atoms with van der Waals surface area (Å²) >= 11 is 0. The van der Waals surface area contributed by atoms with Crippen LogP contribution in [0.25, 0.3) is 0 Å². The molecule has 0 N–H and O–H groups in total.